The number of methoxy groups -OCH3 is 1. The number of hydrogen-bond acceptors (Lipinski definition) is 4. The molecule has 0 aromatic heterocycles. The van der Waals surface area contributed by atoms with Gasteiger partial charge in [0.1, 0.15) is 0 Å². The molecule has 1 atom stereocenters. The third kappa shape index (κ3) is 7.52. The van der Waals surface area contributed by atoms with Gasteiger partial charge in [0.2, 0.25) is 5.91 Å². The summed E-state index contributed by atoms with van der Waals surface area (Å²) in [6.45, 7) is 6.68. The first kappa shape index (κ1) is 15.6. The summed E-state index contributed by atoms with van der Waals surface area (Å²) in [6.07, 6.45) is 3.65. The molecule has 0 aliphatic rings. The highest BCUT2D eigenvalue weighted by molar-refractivity contribution is 5.86. The summed E-state index contributed by atoms with van der Waals surface area (Å²) < 4.78 is 4.56. The minimum atomic E-state index is -0.521. The SMILES string of the molecule is C=CCCCNC(CC(=O)OC)C(=O)NCC. The first-order chi connectivity index (χ1) is 8.15. The van der Waals surface area contributed by atoms with Gasteiger partial charge in [-0.05, 0) is 26.3 Å². The molecule has 0 radical (unpaired) electrons. The van der Waals surface area contributed by atoms with Crippen molar-refractivity contribution in [2.75, 3.05) is 20.2 Å². The summed E-state index contributed by atoms with van der Waals surface area (Å²) in [4.78, 5) is 22.8. The number of esters is 1. The van der Waals surface area contributed by atoms with Crippen molar-refractivity contribution < 1.29 is 14.3 Å². The number of carbonyl (C=O) groups is 2. The second kappa shape index (κ2) is 9.84. The zero-order valence-electron chi connectivity index (χ0n) is 10.6. The van der Waals surface area contributed by atoms with Gasteiger partial charge in [-0.1, -0.05) is 6.08 Å². The molecular formula is C12H22N2O3. The first-order valence-electron chi connectivity index (χ1n) is 5.84. The van der Waals surface area contributed by atoms with E-state index >= 15 is 0 Å². The maximum Gasteiger partial charge on any atom is 0.307 e. The second-order valence-electron chi connectivity index (χ2n) is 3.61. The van der Waals surface area contributed by atoms with Gasteiger partial charge in [-0.25, -0.2) is 0 Å². The van der Waals surface area contributed by atoms with Crippen LogP contribution in [-0.2, 0) is 14.3 Å². The van der Waals surface area contributed by atoms with Crippen LogP contribution in [0.25, 0.3) is 0 Å². The number of ether oxygens (including phenoxy) is 1. The number of likely N-dealkylation sites (N-methyl/N-ethyl adjacent to an activating group) is 1. The summed E-state index contributed by atoms with van der Waals surface area (Å²) >= 11 is 0. The molecule has 2 N–H and O–H groups in total. The fraction of sp³-hybridized carbons (Fsp3) is 0.667. The fourth-order valence-corrected chi connectivity index (χ4v) is 1.33. The Bertz CT molecular complexity index is 254. The van der Waals surface area contributed by atoms with E-state index in [4.69, 9.17) is 0 Å². The van der Waals surface area contributed by atoms with Crippen LogP contribution in [0.3, 0.4) is 0 Å². The largest absolute Gasteiger partial charge is 0.469 e. The molecule has 0 saturated heterocycles. The van der Waals surface area contributed by atoms with Gasteiger partial charge < -0.3 is 15.4 Å². The van der Waals surface area contributed by atoms with Gasteiger partial charge in [0.05, 0.1) is 19.6 Å². The predicted octanol–water partition coefficient (Wildman–Crippen LogP) is 0.610. The molecule has 5 heteroatoms. The molecule has 0 aromatic rings. The zero-order chi connectivity index (χ0) is 13.1. The number of hydrogen-bond donors (Lipinski definition) is 2. The molecule has 1 amide bonds. The Morgan fingerprint density at radius 2 is 2.18 bits per heavy atom. The number of rotatable bonds is 9. The number of unbranched alkanes of at least 4 members (excludes halogenated alkanes) is 1. The molecule has 0 aromatic carbocycles. The van der Waals surface area contributed by atoms with Crippen molar-refractivity contribution in [3.8, 4) is 0 Å². The van der Waals surface area contributed by atoms with Crippen LogP contribution in [0.4, 0.5) is 0 Å². The van der Waals surface area contributed by atoms with E-state index < -0.39 is 12.0 Å². The van der Waals surface area contributed by atoms with Crippen molar-refractivity contribution in [2.45, 2.75) is 32.2 Å². The highest BCUT2D eigenvalue weighted by atomic mass is 16.5. The second-order valence-corrected chi connectivity index (χ2v) is 3.61. The number of amides is 1. The van der Waals surface area contributed by atoms with Gasteiger partial charge in [0.15, 0.2) is 0 Å². The Hall–Kier alpha value is -1.36. The van der Waals surface area contributed by atoms with Gasteiger partial charge >= 0.3 is 5.97 Å². The van der Waals surface area contributed by atoms with Crippen LogP contribution in [0, 0.1) is 0 Å². The maximum absolute atomic E-state index is 11.7. The lowest BCUT2D eigenvalue weighted by Crippen LogP contribution is -2.45. The van der Waals surface area contributed by atoms with E-state index in [0.29, 0.717) is 13.1 Å². The Morgan fingerprint density at radius 1 is 1.47 bits per heavy atom. The quantitative estimate of drug-likeness (QED) is 0.353. The number of allylic oxidation sites excluding steroid dienone is 1. The van der Waals surface area contributed by atoms with E-state index in [9.17, 15) is 9.59 Å². The summed E-state index contributed by atoms with van der Waals surface area (Å²) in [5.41, 5.74) is 0. The number of carbonyl (C=O) groups excluding carboxylic acids is 2. The summed E-state index contributed by atoms with van der Waals surface area (Å²) in [5.74, 6) is -0.561. The van der Waals surface area contributed by atoms with E-state index in [1.807, 2.05) is 13.0 Å². The average Bonchev–Trinajstić information content (AvgIpc) is 2.33. The molecule has 0 saturated carbocycles. The number of nitrogens with one attached hydrogen (secondary N) is 2. The Labute approximate surface area is 103 Å². The zero-order valence-corrected chi connectivity index (χ0v) is 10.6. The minimum absolute atomic E-state index is 0.0520. The van der Waals surface area contributed by atoms with Crippen LogP contribution < -0.4 is 10.6 Å². The van der Waals surface area contributed by atoms with Crippen LogP contribution in [-0.4, -0.2) is 38.1 Å². The van der Waals surface area contributed by atoms with E-state index in [2.05, 4.69) is 21.9 Å². The minimum Gasteiger partial charge on any atom is -0.469 e. The van der Waals surface area contributed by atoms with Crippen molar-refractivity contribution in [3.63, 3.8) is 0 Å². The molecule has 0 aliphatic heterocycles. The molecule has 1 unspecified atom stereocenters. The van der Waals surface area contributed by atoms with Gasteiger partial charge in [0, 0.05) is 6.54 Å². The van der Waals surface area contributed by atoms with Crippen LogP contribution in [0.5, 0.6) is 0 Å². The van der Waals surface area contributed by atoms with Gasteiger partial charge in [-0.3, -0.25) is 9.59 Å². The molecule has 0 rings (SSSR count). The molecule has 5 nitrogen and oxygen atoms in total. The summed E-state index contributed by atoms with van der Waals surface area (Å²) in [6, 6.07) is -0.521. The molecule has 0 aliphatic carbocycles. The Kier molecular flexibility index (Phi) is 9.05. The summed E-state index contributed by atoms with van der Waals surface area (Å²) in [7, 11) is 1.31. The molecule has 0 spiro atoms. The van der Waals surface area contributed by atoms with Gasteiger partial charge in [0.25, 0.3) is 0 Å². The van der Waals surface area contributed by atoms with E-state index in [1.165, 1.54) is 7.11 Å². The molecular weight excluding hydrogens is 220 g/mol. The molecule has 98 valence electrons. The van der Waals surface area contributed by atoms with E-state index in [-0.39, 0.29) is 12.3 Å². The smallest absolute Gasteiger partial charge is 0.307 e. The van der Waals surface area contributed by atoms with Crippen LogP contribution in [0.1, 0.15) is 26.2 Å². The molecule has 17 heavy (non-hydrogen) atoms. The van der Waals surface area contributed by atoms with Gasteiger partial charge in [-0.2, -0.15) is 0 Å². The fourth-order valence-electron chi connectivity index (χ4n) is 1.33. The lowest BCUT2D eigenvalue weighted by molar-refractivity contribution is -0.143. The maximum atomic E-state index is 11.7. The highest BCUT2D eigenvalue weighted by Crippen LogP contribution is 1.97. The average molecular weight is 242 g/mol. The van der Waals surface area contributed by atoms with Crippen LogP contribution in [0.2, 0.25) is 0 Å². The van der Waals surface area contributed by atoms with Crippen molar-refractivity contribution in [2.24, 2.45) is 0 Å². The van der Waals surface area contributed by atoms with Crippen molar-refractivity contribution >= 4 is 11.9 Å². The molecule has 0 bridgehead atoms. The lowest BCUT2D eigenvalue weighted by atomic mass is 10.2. The molecule has 0 fully saturated rings. The van der Waals surface area contributed by atoms with Gasteiger partial charge in [-0.15, -0.1) is 6.58 Å². The predicted molar refractivity (Wildman–Crippen MR) is 66.5 cm³/mol. The van der Waals surface area contributed by atoms with E-state index in [0.717, 1.165) is 12.8 Å². The Balaban J connectivity index is 4.14. The Morgan fingerprint density at radius 3 is 2.71 bits per heavy atom. The van der Waals surface area contributed by atoms with Crippen LogP contribution >= 0.6 is 0 Å². The van der Waals surface area contributed by atoms with Crippen molar-refractivity contribution in [1.29, 1.82) is 0 Å². The molecule has 0 heterocycles. The third-order valence-electron chi connectivity index (χ3n) is 2.24. The van der Waals surface area contributed by atoms with E-state index in [1.54, 1.807) is 0 Å². The third-order valence-corrected chi connectivity index (χ3v) is 2.24. The monoisotopic (exact) mass is 242 g/mol. The van der Waals surface area contributed by atoms with Crippen molar-refractivity contribution in [3.05, 3.63) is 12.7 Å². The first-order valence-corrected chi connectivity index (χ1v) is 5.84. The summed E-state index contributed by atoms with van der Waals surface area (Å²) in [5, 5.41) is 5.73. The lowest BCUT2D eigenvalue weighted by Gasteiger charge is -2.16. The topological polar surface area (TPSA) is 67.4 Å². The highest BCUT2D eigenvalue weighted by Gasteiger charge is 2.20. The van der Waals surface area contributed by atoms with Crippen molar-refractivity contribution in [1.82, 2.24) is 10.6 Å². The standard InChI is InChI=1S/C12H22N2O3/c1-4-6-7-8-14-10(9-11(15)17-3)12(16)13-5-2/h4,10,14H,1,5-9H2,2-3H3,(H,13,16). The normalized spacial score (nSPS) is 11.6. The van der Waals surface area contributed by atoms with Crippen LogP contribution in [0.15, 0.2) is 12.7 Å².